The minimum Gasteiger partial charge on any atom is -0.481 e. The zero-order chi connectivity index (χ0) is 15.5. The Bertz CT molecular complexity index is 701. The van der Waals surface area contributed by atoms with Crippen LogP contribution >= 0.6 is 0 Å². The van der Waals surface area contributed by atoms with Crippen LogP contribution in [-0.4, -0.2) is 16.9 Å². The summed E-state index contributed by atoms with van der Waals surface area (Å²) in [5, 5.41) is 8.73. The molecule has 0 fully saturated rings. The fraction of sp³-hybridized carbons (Fsp3) is 0.263. The lowest BCUT2D eigenvalue weighted by atomic mass is 9.78. The molecule has 0 spiro atoms. The summed E-state index contributed by atoms with van der Waals surface area (Å²) in [7, 11) is 0. The molecule has 1 aliphatic rings. The Labute approximate surface area is 129 Å². The molecule has 0 saturated carbocycles. The molecule has 2 aromatic carbocycles. The van der Waals surface area contributed by atoms with E-state index in [0.717, 1.165) is 23.1 Å². The van der Waals surface area contributed by atoms with Gasteiger partial charge in [-0.1, -0.05) is 48.5 Å². The minimum atomic E-state index is -0.791. The lowest BCUT2D eigenvalue weighted by Crippen LogP contribution is -2.21. The van der Waals surface area contributed by atoms with E-state index in [2.05, 4.69) is 6.07 Å². The summed E-state index contributed by atoms with van der Waals surface area (Å²) < 4.78 is 0. The first-order valence-corrected chi connectivity index (χ1v) is 7.56. The molecule has 0 heterocycles. The Morgan fingerprint density at radius 1 is 1.05 bits per heavy atom. The summed E-state index contributed by atoms with van der Waals surface area (Å²) in [6.07, 6.45) is 2.06. The number of fused-ring (bicyclic) bond motifs is 1. The number of hydrogen-bond donors (Lipinski definition) is 1. The van der Waals surface area contributed by atoms with Gasteiger partial charge in [-0.3, -0.25) is 9.59 Å². The van der Waals surface area contributed by atoms with Gasteiger partial charge in [0.25, 0.3) is 0 Å². The molecule has 1 aliphatic carbocycles. The van der Waals surface area contributed by atoms with E-state index in [1.165, 1.54) is 5.56 Å². The van der Waals surface area contributed by atoms with Crippen molar-refractivity contribution in [2.24, 2.45) is 0 Å². The molecular weight excluding hydrogens is 276 g/mol. The normalized spacial score (nSPS) is 17.1. The van der Waals surface area contributed by atoms with Crippen LogP contribution in [0.1, 0.15) is 41.0 Å². The first-order valence-electron chi connectivity index (χ1n) is 7.56. The van der Waals surface area contributed by atoms with Gasteiger partial charge in [-0.05, 0) is 35.1 Å². The number of carbonyl (C=O) groups is 2. The molecule has 0 bridgehead atoms. The summed E-state index contributed by atoms with van der Waals surface area (Å²) >= 11 is 0. The summed E-state index contributed by atoms with van der Waals surface area (Å²) in [6.45, 7) is 0. The second-order valence-electron chi connectivity index (χ2n) is 5.73. The molecule has 0 amide bonds. The maximum atomic E-state index is 12.4. The van der Waals surface area contributed by atoms with Crippen molar-refractivity contribution in [3.8, 4) is 0 Å². The van der Waals surface area contributed by atoms with Gasteiger partial charge in [0.2, 0.25) is 0 Å². The van der Waals surface area contributed by atoms with Gasteiger partial charge >= 0.3 is 5.97 Å². The van der Waals surface area contributed by atoms with E-state index in [1.54, 1.807) is 0 Å². The largest absolute Gasteiger partial charge is 0.481 e. The number of carboxylic acid groups (broad SMARTS) is 1. The molecule has 0 radical (unpaired) electrons. The Morgan fingerprint density at radius 3 is 2.50 bits per heavy atom. The average Bonchev–Trinajstić information content (AvgIpc) is 2.53. The molecule has 2 aromatic rings. The SMILES string of the molecule is O=C(O)CCc1ccc(C2C(=O)CCc3ccccc32)cc1. The lowest BCUT2D eigenvalue weighted by Gasteiger charge is -2.24. The Morgan fingerprint density at radius 2 is 1.77 bits per heavy atom. The van der Waals surface area contributed by atoms with Gasteiger partial charge in [-0.15, -0.1) is 0 Å². The van der Waals surface area contributed by atoms with E-state index in [0.29, 0.717) is 12.8 Å². The number of ketones is 1. The number of Topliss-reactive ketones (excluding diaryl/α,β-unsaturated/α-hetero) is 1. The van der Waals surface area contributed by atoms with Gasteiger partial charge in [0, 0.05) is 12.8 Å². The van der Waals surface area contributed by atoms with Crippen LogP contribution < -0.4 is 0 Å². The van der Waals surface area contributed by atoms with Gasteiger partial charge in [-0.2, -0.15) is 0 Å². The van der Waals surface area contributed by atoms with Crippen LogP contribution in [0.5, 0.6) is 0 Å². The summed E-state index contributed by atoms with van der Waals surface area (Å²) in [4.78, 5) is 23.0. The number of carboxylic acids is 1. The van der Waals surface area contributed by atoms with Crippen LogP contribution in [-0.2, 0) is 22.4 Å². The molecule has 3 rings (SSSR count). The molecule has 22 heavy (non-hydrogen) atoms. The first kappa shape index (κ1) is 14.5. The van der Waals surface area contributed by atoms with Gasteiger partial charge in [0.05, 0.1) is 5.92 Å². The smallest absolute Gasteiger partial charge is 0.303 e. The Hall–Kier alpha value is -2.42. The number of aliphatic carboxylic acids is 1. The van der Waals surface area contributed by atoms with Crippen molar-refractivity contribution in [3.05, 3.63) is 70.8 Å². The zero-order valence-electron chi connectivity index (χ0n) is 12.3. The van der Waals surface area contributed by atoms with Crippen LogP contribution in [0.4, 0.5) is 0 Å². The number of carbonyl (C=O) groups excluding carboxylic acids is 1. The van der Waals surface area contributed by atoms with Crippen molar-refractivity contribution < 1.29 is 14.7 Å². The fourth-order valence-corrected chi connectivity index (χ4v) is 3.11. The van der Waals surface area contributed by atoms with Gasteiger partial charge in [0.15, 0.2) is 0 Å². The van der Waals surface area contributed by atoms with Crippen LogP contribution in [0, 0.1) is 0 Å². The molecule has 3 nitrogen and oxygen atoms in total. The van der Waals surface area contributed by atoms with Crippen molar-refractivity contribution >= 4 is 11.8 Å². The second kappa shape index (κ2) is 6.14. The number of rotatable bonds is 4. The highest BCUT2D eigenvalue weighted by molar-refractivity contribution is 5.91. The third-order valence-corrected chi connectivity index (χ3v) is 4.27. The van der Waals surface area contributed by atoms with E-state index in [-0.39, 0.29) is 18.1 Å². The molecule has 0 aliphatic heterocycles. The predicted molar refractivity (Wildman–Crippen MR) is 84.0 cm³/mol. The monoisotopic (exact) mass is 294 g/mol. The van der Waals surface area contributed by atoms with Gasteiger partial charge in [0.1, 0.15) is 5.78 Å². The van der Waals surface area contributed by atoms with Crippen LogP contribution in [0.25, 0.3) is 0 Å². The maximum absolute atomic E-state index is 12.4. The lowest BCUT2D eigenvalue weighted by molar-refractivity contribution is -0.137. The highest BCUT2D eigenvalue weighted by Crippen LogP contribution is 2.34. The van der Waals surface area contributed by atoms with Crippen LogP contribution in [0.3, 0.4) is 0 Å². The number of hydrogen-bond acceptors (Lipinski definition) is 2. The number of benzene rings is 2. The van der Waals surface area contributed by atoms with Crippen molar-refractivity contribution in [1.29, 1.82) is 0 Å². The summed E-state index contributed by atoms with van der Waals surface area (Å²) in [6, 6.07) is 15.9. The molecule has 0 saturated heterocycles. The predicted octanol–water partition coefficient (Wildman–Crippen LogP) is 3.35. The maximum Gasteiger partial charge on any atom is 0.303 e. The third kappa shape index (κ3) is 2.93. The minimum absolute atomic E-state index is 0.130. The molecular formula is C19H18O3. The first-order chi connectivity index (χ1) is 10.6. The van der Waals surface area contributed by atoms with Crippen molar-refractivity contribution in [2.45, 2.75) is 31.6 Å². The van der Waals surface area contributed by atoms with E-state index in [1.807, 2.05) is 42.5 Å². The molecule has 1 atom stereocenters. The van der Waals surface area contributed by atoms with E-state index < -0.39 is 5.97 Å². The third-order valence-electron chi connectivity index (χ3n) is 4.27. The van der Waals surface area contributed by atoms with Gasteiger partial charge < -0.3 is 5.11 Å². The molecule has 0 aromatic heterocycles. The average molecular weight is 294 g/mol. The van der Waals surface area contributed by atoms with Crippen molar-refractivity contribution in [2.75, 3.05) is 0 Å². The highest BCUT2D eigenvalue weighted by atomic mass is 16.4. The number of aryl methyl sites for hydroxylation is 2. The Kier molecular flexibility index (Phi) is 4.05. The van der Waals surface area contributed by atoms with E-state index in [9.17, 15) is 9.59 Å². The van der Waals surface area contributed by atoms with Crippen molar-refractivity contribution in [1.82, 2.24) is 0 Å². The fourth-order valence-electron chi connectivity index (χ4n) is 3.11. The highest BCUT2D eigenvalue weighted by Gasteiger charge is 2.28. The second-order valence-corrected chi connectivity index (χ2v) is 5.73. The molecule has 1 unspecified atom stereocenters. The topological polar surface area (TPSA) is 54.4 Å². The van der Waals surface area contributed by atoms with Crippen LogP contribution in [0.2, 0.25) is 0 Å². The quantitative estimate of drug-likeness (QED) is 0.940. The van der Waals surface area contributed by atoms with E-state index >= 15 is 0 Å². The summed E-state index contributed by atoms with van der Waals surface area (Å²) in [5.41, 5.74) is 4.35. The standard InChI is InChI=1S/C19H18O3/c20-17-11-10-14-3-1-2-4-16(14)19(17)15-8-5-13(6-9-15)7-12-18(21)22/h1-6,8-9,19H,7,10-12H2,(H,21,22). The molecule has 112 valence electrons. The van der Waals surface area contributed by atoms with Gasteiger partial charge in [-0.25, -0.2) is 0 Å². The molecule has 1 N–H and O–H groups in total. The van der Waals surface area contributed by atoms with E-state index in [4.69, 9.17) is 5.11 Å². The van der Waals surface area contributed by atoms with Crippen LogP contribution in [0.15, 0.2) is 48.5 Å². The Balaban J connectivity index is 1.87. The summed E-state index contributed by atoms with van der Waals surface area (Å²) in [5.74, 6) is -0.712. The zero-order valence-corrected chi connectivity index (χ0v) is 12.3. The molecule has 3 heteroatoms. The van der Waals surface area contributed by atoms with Crippen molar-refractivity contribution in [3.63, 3.8) is 0 Å².